The molecule has 0 aliphatic carbocycles. The third kappa shape index (κ3) is 4.11. The number of hydrogen-bond acceptors (Lipinski definition) is 7. The molecule has 1 aromatic carbocycles. The number of aromatic hydroxyl groups is 1. The second-order valence-corrected chi connectivity index (χ2v) is 8.41. The average molecular weight is 419 g/mol. The predicted octanol–water partition coefficient (Wildman–Crippen LogP) is 2.25. The minimum atomic E-state index is -3.72. The molecule has 0 fully saturated rings. The van der Waals surface area contributed by atoms with Crippen LogP contribution in [0.15, 0.2) is 36.5 Å². The van der Waals surface area contributed by atoms with Gasteiger partial charge in [0.15, 0.2) is 17.3 Å². The van der Waals surface area contributed by atoms with E-state index in [0.717, 1.165) is 23.2 Å². The van der Waals surface area contributed by atoms with Crippen LogP contribution in [0.4, 0.5) is 10.2 Å². The Labute approximate surface area is 166 Å². The molecule has 3 rings (SSSR count). The van der Waals surface area contributed by atoms with Crippen LogP contribution >= 0.6 is 0 Å². The fourth-order valence-electron chi connectivity index (χ4n) is 2.77. The summed E-state index contributed by atoms with van der Waals surface area (Å²) in [6, 6.07) is 7.54. The standard InChI is InChI=1S/C19H18FN3O5S/c1-23(29(3,26)27)18-14-9-12(8-11-4-6-13(20)7-5-11)10-21-15(14)17(24)16(22-18)19(25)28-2/h4-7,9-10,24H,8H2,1-3H3. The summed E-state index contributed by atoms with van der Waals surface area (Å²) in [5.74, 6) is -1.86. The van der Waals surface area contributed by atoms with Crippen molar-refractivity contribution in [3.63, 3.8) is 0 Å². The smallest absolute Gasteiger partial charge is 0.360 e. The second kappa shape index (κ2) is 7.63. The molecule has 0 unspecified atom stereocenters. The van der Waals surface area contributed by atoms with E-state index in [1.165, 1.54) is 25.4 Å². The molecule has 29 heavy (non-hydrogen) atoms. The van der Waals surface area contributed by atoms with Gasteiger partial charge in [-0.15, -0.1) is 0 Å². The Morgan fingerprint density at radius 2 is 1.90 bits per heavy atom. The van der Waals surface area contributed by atoms with Crippen LogP contribution in [0, 0.1) is 5.82 Å². The first-order valence-corrected chi connectivity index (χ1v) is 10.2. The number of carbonyl (C=O) groups is 1. The first kappa shape index (κ1) is 20.5. The number of fused-ring (bicyclic) bond motifs is 1. The normalized spacial score (nSPS) is 11.4. The van der Waals surface area contributed by atoms with E-state index < -0.39 is 27.4 Å². The third-order valence-electron chi connectivity index (χ3n) is 4.35. The van der Waals surface area contributed by atoms with Gasteiger partial charge in [0.25, 0.3) is 0 Å². The van der Waals surface area contributed by atoms with Gasteiger partial charge in [0, 0.05) is 18.6 Å². The summed E-state index contributed by atoms with van der Waals surface area (Å²) in [5, 5.41) is 10.7. The van der Waals surface area contributed by atoms with E-state index >= 15 is 0 Å². The molecule has 3 aromatic rings. The molecular formula is C19H18FN3O5S. The minimum Gasteiger partial charge on any atom is -0.504 e. The molecule has 152 valence electrons. The lowest BCUT2D eigenvalue weighted by Gasteiger charge is -2.19. The van der Waals surface area contributed by atoms with Crippen LogP contribution < -0.4 is 4.31 Å². The van der Waals surface area contributed by atoms with Crippen molar-refractivity contribution < 1.29 is 27.4 Å². The summed E-state index contributed by atoms with van der Waals surface area (Å²) in [6.07, 6.45) is 2.86. The summed E-state index contributed by atoms with van der Waals surface area (Å²) < 4.78 is 42.8. The molecule has 1 N–H and O–H groups in total. The predicted molar refractivity (Wildman–Crippen MR) is 105 cm³/mol. The zero-order chi connectivity index (χ0) is 21.3. The molecule has 8 nitrogen and oxygen atoms in total. The van der Waals surface area contributed by atoms with E-state index in [1.54, 1.807) is 18.2 Å². The van der Waals surface area contributed by atoms with Gasteiger partial charge in [-0.2, -0.15) is 0 Å². The summed E-state index contributed by atoms with van der Waals surface area (Å²) in [7, 11) is -1.32. The highest BCUT2D eigenvalue weighted by molar-refractivity contribution is 7.92. The van der Waals surface area contributed by atoms with Gasteiger partial charge >= 0.3 is 5.97 Å². The number of methoxy groups -OCH3 is 1. The van der Waals surface area contributed by atoms with Crippen LogP contribution in [0.25, 0.3) is 10.9 Å². The number of esters is 1. The van der Waals surface area contributed by atoms with E-state index in [9.17, 15) is 22.7 Å². The SMILES string of the molecule is COC(=O)c1nc(N(C)S(C)(=O)=O)c2cc(Cc3ccc(F)cc3)cnc2c1O. The van der Waals surface area contributed by atoms with Crippen molar-refractivity contribution in [1.82, 2.24) is 9.97 Å². The summed E-state index contributed by atoms with van der Waals surface area (Å²) in [5.41, 5.74) is 1.06. The van der Waals surface area contributed by atoms with Crippen molar-refractivity contribution in [3.8, 4) is 5.75 Å². The number of benzene rings is 1. The number of sulfonamides is 1. The molecule has 0 amide bonds. The molecular weight excluding hydrogens is 401 g/mol. The highest BCUT2D eigenvalue weighted by Gasteiger charge is 2.25. The monoisotopic (exact) mass is 419 g/mol. The number of nitrogens with zero attached hydrogens (tertiary/aromatic N) is 3. The zero-order valence-electron chi connectivity index (χ0n) is 15.9. The Balaban J connectivity index is 2.21. The first-order valence-electron chi connectivity index (χ1n) is 8.40. The molecule has 2 aromatic heterocycles. The molecule has 10 heteroatoms. The van der Waals surface area contributed by atoms with Gasteiger partial charge in [-0.05, 0) is 35.7 Å². The van der Waals surface area contributed by atoms with Gasteiger partial charge in [0.2, 0.25) is 10.0 Å². The minimum absolute atomic E-state index is 0.00811. The van der Waals surface area contributed by atoms with Gasteiger partial charge in [-0.3, -0.25) is 9.29 Å². The fourth-order valence-corrected chi connectivity index (χ4v) is 3.22. The largest absolute Gasteiger partial charge is 0.504 e. The molecule has 2 heterocycles. The van der Waals surface area contributed by atoms with Gasteiger partial charge in [-0.25, -0.2) is 22.6 Å². The molecule has 0 bridgehead atoms. The molecule has 0 radical (unpaired) electrons. The van der Waals surface area contributed by atoms with Gasteiger partial charge in [0.05, 0.1) is 13.4 Å². The van der Waals surface area contributed by atoms with Gasteiger partial charge in [0.1, 0.15) is 11.3 Å². The molecule has 0 saturated carbocycles. The highest BCUT2D eigenvalue weighted by atomic mass is 32.2. The average Bonchev–Trinajstić information content (AvgIpc) is 2.68. The van der Waals surface area contributed by atoms with E-state index in [1.807, 2.05) is 0 Å². The molecule has 0 aliphatic rings. The van der Waals surface area contributed by atoms with Crippen LogP contribution in [-0.4, -0.2) is 49.9 Å². The Morgan fingerprint density at radius 3 is 2.48 bits per heavy atom. The van der Waals surface area contributed by atoms with Crippen LogP contribution in [-0.2, 0) is 21.2 Å². The number of rotatable bonds is 5. The Morgan fingerprint density at radius 1 is 1.24 bits per heavy atom. The van der Waals surface area contributed by atoms with Crippen LogP contribution in [0.3, 0.4) is 0 Å². The number of aromatic nitrogens is 2. The van der Waals surface area contributed by atoms with Crippen molar-refractivity contribution in [3.05, 3.63) is 59.2 Å². The zero-order valence-corrected chi connectivity index (χ0v) is 16.7. The van der Waals surface area contributed by atoms with Crippen LogP contribution in [0.1, 0.15) is 21.6 Å². The number of anilines is 1. The maximum Gasteiger partial charge on any atom is 0.360 e. The van der Waals surface area contributed by atoms with Crippen molar-refractivity contribution in [1.29, 1.82) is 0 Å². The topological polar surface area (TPSA) is 110 Å². The van der Waals surface area contributed by atoms with E-state index in [0.29, 0.717) is 12.0 Å². The Hall–Kier alpha value is -3.27. The molecule has 0 saturated heterocycles. The van der Waals surface area contributed by atoms with Gasteiger partial charge < -0.3 is 9.84 Å². The second-order valence-electron chi connectivity index (χ2n) is 6.40. The quantitative estimate of drug-likeness (QED) is 0.632. The van der Waals surface area contributed by atoms with Crippen LogP contribution in [0.5, 0.6) is 5.75 Å². The number of carbonyl (C=O) groups excluding carboxylic acids is 1. The molecule has 0 aliphatic heterocycles. The van der Waals surface area contributed by atoms with Crippen molar-refractivity contribution in [2.75, 3.05) is 24.7 Å². The number of hydrogen-bond donors (Lipinski definition) is 1. The maximum atomic E-state index is 13.1. The van der Waals surface area contributed by atoms with Crippen LogP contribution in [0.2, 0.25) is 0 Å². The lowest BCUT2D eigenvalue weighted by Crippen LogP contribution is -2.27. The Kier molecular flexibility index (Phi) is 5.38. The fraction of sp³-hybridized carbons (Fsp3) is 0.211. The summed E-state index contributed by atoms with van der Waals surface area (Å²) in [4.78, 5) is 20.2. The van der Waals surface area contributed by atoms with E-state index in [4.69, 9.17) is 0 Å². The third-order valence-corrected chi connectivity index (χ3v) is 5.52. The number of ether oxygens (including phenoxy) is 1. The lowest BCUT2D eigenvalue weighted by atomic mass is 10.0. The van der Waals surface area contributed by atoms with Gasteiger partial charge in [-0.1, -0.05) is 12.1 Å². The molecule has 0 spiro atoms. The lowest BCUT2D eigenvalue weighted by molar-refractivity contribution is 0.0591. The molecule has 0 atom stereocenters. The van der Waals surface area contributed by atoms with Crippen molar-refractivity contribution in [2.24, 2.45) is 0 Å². The van der Waals surface area contributed by atoms with Crippen molar-refractivity contribution >= 4 is 32.7 Å². The number of pyridine rings is 2. The number of halogens is 1. The van der Waals surface area contributed by atoms with Crippen molar-refractivity contribution in [2.45, 2.75) is 6.42 Å². The Bertz CT molecular complexity index is 1200. The summed E-state index contributed by atoms with van der Waals surface area (Å²) >= 11 is 0. The maximum absolute atomic E-state index is 13.1. The summed E-state index contributed by atoms with van der Waals surface area (Å²) in [6.45, 7) is 0. The first-order chi connectivity index (χ1) is 13.6. The highest BCUT2D eigenvalue weighted by Crippen LogP contribution is 2.34. The van der Waals surface area contributed by atoms with E-state index in [-0.39, 0.29) is 22.5 Å². The van der Waals surface area contributed by atoms with E-state index in [2.05, 4.69) is 14.7 Å².